The van der Waals surface area contributed by atoms with Crippen LogP contribution in [-0.4, -0.2) is 65.6 Å². The maximum atomic E-state index is 12.8. The quantitative estimate of drug-likeness (QED) is 0.700. The number of carbonyl (C=O) groups is 1. The van der Waals surface area contributed by atoms with Crippen molar-refractivity contribution in [1.29, 1.82) is 0 Å². The number of hydrogen-bond donors (Lipinski definition) is 0. The number of ketones is 1. The van der Waals surface area contributed by atoms with Gasteiger partial charge in [-0.1, -0.05) is 0 Å². The zero-order valence-corrected chi connectivity index (χ0v) is 14.8. The molecule has 0 atom stereocenters. The fraction of sp³-hybridized carbons (Fsp3) is 0.417. The number of halogens is 3. The second-order valence-electron chi connectivity index (χ2n) is 5.06. The molecule has 12 heteroatoms. The van der Waals surface area contributed by atoms with Gasteiger partial charge in [0.2, 0.25) is 20.0 Å². The average molecular weight is 388 g/mol. The van der Waals surface area contributed by atoms with E-state index < -0.39 is 47.4 Å². The van der Waals surface area contributed by atoms with Gasteiger partial charge in [-0.2, -0.15) is 13.2 Å². The van der Waals surface area contributed by atoms with Gasteiger partial charge in [-0.3, -0.25) is 4.79 Å². The molecule has 0 saturated heterocycles. The highest BCUT2D eigenvalue weighted by atomic mass is 32.2. The maximum absolute atomic E-state index is 12.8. The molecule has 0 saturated carbocycles. The third-order valence-corrected chi connectivity index (χ3v) is 6.67. The third-order valence-electron chi connectivity index (χ3n) is 2.99. The number of carbonyl (C=O) groups excluding carboxylic acids is 1. The molecule has 1 rings (SSSR count). The zero-order valence-electron chi connectivity index (χ0n) is 13.1. The fourth-order valence-electron chi connectivity index (χ4n) is 1.63. The number of sulfonamides is 2. The highest BCUT2D eigenvalue weighted by Gasteiger charge is 2.42. The summed E-state index contributed by atoms with van der Waals surface area (Å²) < 4.78 is 88.0. The van der Waals surface area contributed by atoms with Crippen molar-refractivity contribution in [2.45, 2.75) is 16.0 Å². The van der Waals surface area contributed by atoms with Crippen LogP contribution in [0.15, 0.2) is 28.0 Å². The summed E-state index contributed by atoms with van der Waals surface area (Å²) in [6.07, 6.45) is -5.36. The molecule has 0 N–H and O–H groups in total. The molecule has 7 nitrogen and oxygen atoms in total. The third kappa shape index (κ3) is 3.77. The Labute approximate surface area is 137 Å². The molecular formula is C12H15F3N2O5S2. The molecule has 0 heterocycles. The molecule has 136 valence electrons. The van der Waals surface area contributed by atoms with Crippen LogP contribution in [0.3, 0.4) is 0 Å². The van der Waals surface area contributed by atoms with Gasteiger partial charge >= 0.3 is 6.18 Å². The molecule has 1 aromatic rings. The number of nitrogens with zero attached hydrogens (tertiary/aromatic N) is 2. The monoisotopic (exact) mass is 388 g/mol. The smallest absolute Gasteiger partial charge is 0.284 e. The molecular weight excluding hydrogens is 373 g/mol. The zero-order chi connectivity index (χ0) is 19.1. The summed E-state index contributed by atoms with van der Waals surface area (Å²) in [4.78, 5) is 10.0. The van der Waals surface area contributed by atoms with Crippen molar-refractivity contribution in [3.8, 4) is 0 Å². The van der Waals surface area contributed by atoms with Crippen molar-refractivity contribution in [3.05, 3.63) is 23.8 Å². The van der Waals surface area contributed by atoms with Crippen molar-refractivity contribution in [2.24, 2.45) is 0 Å². The Hall–Kier alpha value is -1.50. The summed E-state index contributed by atoms with van der Waals surface area (Å²) in [5.41, 5.74) is -1.25. The van der Waals surface area contributed by atoms with E-state index in [1.54, 1.807) is 0 Å². The highest BCUT2D eigenvalue weighted by Crippen LogP contribution is 2.29. The Balaban J connectivity index is 3.81. The molecule has 0 fully saturated rings. The topological polar surface area (TPSA) is 91.8 Å². The first-order valence-corrected chi connectivity index (χ1v) is 9.12. The molecule has 0 bridgehead atoms. The number of benzene rings is 1. The first-order valence-electron chi connectivity index (χ1n) is 6.24. The first-order chi connectivity index (χ1) is 10.6. The lowest BCUT2D eigenvalue weighted by Gasteiger charge is -2.17. The van der Waals surface area contributed by atoms with E-state index in [2.05, 4.69) is 0 Å². The van der Waals surface area contributed by atoms with E-state index in [1.807, 2.05) is 0 Å². The van der Waals surface area contributed by atoms with E-state index >= 15 is 0 Å². The minimum Gasteiger partial charge on any atom is -0.284 e. The number of alkyl halides is 3. The van der Waals surface area contributed by atoms with Crippen LogP contribution in [0.4, 0.5) is 13.2 Å². The minimum atomic E-state index is -5.36. The molecule has 0 amide bonds. The Bertz CT molecular complexity index is 859. The van der Waals surface area contributed by atoms with E-state index in [9.17, 15) is 34.8 Å². The Kier molecular flexibility index (Phi) is 5.50. The van der Waals surface area contributed by atoms with Crippen molar-refractivity contribution in [2.75, 3.05) is 28.2 Å². The average Bonchev–Trinajstić information content (AvgIpc) is 2.44. The van der Waals surface area contributed by atoms with Crippen LogP contribution in [0, 0.1) is 0 Å². The lowest BCUT2D eigenvalue weighted by Crippen LogP contribution is -2.29. The fourth-order valence-corrected chi connectivity index (χ4v) is 3.62. The summed E-state index contributed by atoms with van der Waals surface area (Å²) in [6.45, 7) is 0. The molecule has 0 aliphatic heterocycles. The first kappa shape index (κ1) is 20.5. The van der Waals surface area contributed by atoms with Gasteiger partial charge in [0, 0.05) is 33.8 Å². The van der Waals surface area contributed by atoms with Crippen LogP contribution in [0.5, 0.6) is 0 Å². The second kappa shape index (κ2) is 6.43. The van der Waals surface area contributed by atoms with E-state index in [0.717, 1.165) is 38.6 Å². The lowest BCUT2D eigenvalue weighted by atomic mass is 10.1. The van der Waals surface area contributed by atoms with Crippen molar-refractivity contribution in [1.82, 2.24) is 8.61 Å². The number of rotatable bonds is 5. The molecule has 0 spiro atoms. The predicted octanol–water partition coefficient (Wildman–Crippen LogP) is 0.932. The Morgan fingerprint density at radius 3 is 1.75 bits per heavy atom. The van der Waals surface area contributed by atoms with Crippen LogP contribution in [0.1, 0.15) is 10.4 Å². The van der Waals surface area contributed by atoms with E-state index in [4.69, 9.17) is 0 Å². The van der Waals surface area contributed by atoms with Gasteiger partial charge in [0.25, 0.3) is 5.78 Å². The van der Waals surface area contributed by atoms with Gasteiger partial charge < -0.3 is 0 Å². The minimum absolute atomic E-state index is 0.418. The molecule has 0 aromatic heterocycles. The lowest BCUT2D eigenvalue weighted by molar-refractivity contribution is -0.0887. The summed E-state index contributed by atoms with van der Waals surface area (Å²) >= 11 is 0. The van der Waals surface area contributed by atoms with E-state index in [1.165, 1.54) is 0 Å². The van der Waals surface area contributed by atoms with Crippen molar-refractivity contribution < 1.29 is 34.8 Å². The van der Waals surface area contributed by atoms with Gasteiger partial charge in [-0.15, -0.1) is 0 Å². The van der Waals surface area contributed by atoms with Gasteiger partial charge in [-0.25, -0.2) is 25.4 Å². The van der Waals surface area contributed by atoms with Crippen LogP contribution in [-0.2, 0) is 20.0 Å². The molecule has 0 aliphatic carbocycles. The van der Waals surface area contributed by atoms with Crippen LogP contribution < -0.4 is 0 Å². The number of hydrogen-bond acceptors (Lipinski definition) is 5. The molecule has 0 aliphatic rings. The van der Waals surface area contributed by atoms with Gasteiger partial charge in [0.05, 0.1) is 9.79 Å². The van der Waals surface area contributed by atoms with Crippen molar-refractivity contribution in [3.63, 3.8) is 0 Å². The summed E-state index contributed by atoms with van der Waals surface area (Å²) in [7, 11) is -4.12. The predicted molar refractivity (Wildman–Crippen MR) is 78.6 cm³/mol. The highest BCUT2D eigenvalue weighted by molar-refractivity contribution is 7.89. The van der Waals surface area contributed by atoms with E-state index in [-0.39, 0.29) is 0 Å². The second-order valence-corrected chi connectivity index (χ2v) is 9.33. The standard InChI is InChI=1S/C12H15F3N2O5S2/c1-16(2)23(19,20)8-5-6-10(24(21,22)17(3)4)9(7-8)11(18)12(13,14)15/h5-7H,1-4H3. The van der Waals surface area contributed by atoms with Gasteiger partial charge in [-0.05, 0) is 18.2 Å². The van der Waals surface area contributed by atoms with E-state index in [0.29, 0.717) is 16.4 Å². The Morgan fingerprint density at radius 1 is 0.917 bits per heavy atom. The van der Waals surface area contributed by atoms with Crippen LogP contribution >= 0.6 is 0 Å². The Morgan fingerprint density at radius 2 is 1.38 bits per heavy atom. The number of Topliss-reactive ketones (excluding diaryl/α,β-unsaturated/α-hetero) is 1. The summed E-state index contributed by atoms with van der Waals surface area (Å²) in [5.74, 6) is -2.45. The molecule has 0 radical (unpaired) electrons. The van der Waals surface area contributed by atoms with Gasteiger partial charge in [0.15, 0.2) is 0 Å². The summed E-state index contributed by atoms with van der Waals surface area (Å²) in [6, 6.07) is 1.92. The molecule has 0 unspecified atom stereocenters. The van der Waals surface area contributed by atoms with Crippen LogP contribution in [0.2, 0.25) is 0 Å². The normalized spacial score (nSPS) is 13.5. The maximum Gasteiger partial charge on any atom is 0.454 e. The summed E-state index contributed by atoms with van der Waals surface area (Å²) in [5, 5.41) is 0. The van der Waals surface area contributed by atoms with Crippen molar-refractivity contribution >= 4 is 25.8 Å². The molecule has 1 aromatic carbocycles. The largest absolute Gasteiger partial charge is 0.454 e. The SMILES string of the molecule is CN(C)S(=O)(=O)c1ccc(S(=O)(=O)N(C)C)c(C(=O)C(F)(F)F)c1. The molecule has 24 heavy (non-hydrogen) atoms. The van der Waals surface area contributed by atoms with Crippen LogP contribution in [0.25, 0.3) is 0 Å². The van der Waals surface area contributed by atoms with Gasteiger partial charge in [0.1, 0.15) is 0 Å².